The van der Waals surface area contributed by atoms with Crippen molar-refractivity contribution in [2.75, 3.05) is 12.4 Å². The summed E-state index contributed by atoms with van der Waals surface area (Å²) >= 11 is 0. The molecule has 14 heavy (non-hydrogen) atoms. The molecule has 0 aromatic heterocycles. The molecule has 70 valence electrons. The van der Waals surface area contributed by atoms with Gasteiger partial charge in [-0.05, 0) is 18.1 Å². The molecular weight excluding hydrogens is 170 g/mol. The number of hydrogen-bond acceptors (Lipinski definition) is 1. The van der Waals surface area contributed by atoms with Crippen molar-refractivity contribution in [3.05, 3.63) is 41.5 Å². The van der Waals surface area contributed by atoms with E-state index in [2.05, 4.69) is 35.4 Å². The molecule has 1 heteroatoms. The van der Waals surface area contributed by atoms with Gasteiger partial charge in [0, 0.05) is 24.7 Å². The van der Waals surface area contributed by atoms with E-state index in [1.54, 1.807) is 0 Å². The molecule has 2 rings (SSSR count). The van der Waals surface area contributed by atoms with Gasteiger partial charge in [0.1, 0.15) is 0 Å². The topological polar surface area (TPSA) is 12.0 Å². The zero-order valence-corrected chi connectivity index (χ0v) is 8.30. The van der Waals surface area contributed by atoms with E-state index >= 15 is 0 Å². The van der Waals surface area contributed by atoms with E-state index in [1.165, 1.54) is 16.8 Å². The van der Waals surface area contributed by atoms with Gasteiger partial charge in [0.25, 0.3) is 0 Å². The fourth-order valence-corrected chi connectivity index (χ4v) is 1.32. The summed E-state index contributed by atoms with van der Waals surface area (Å²) in [7, 11) is 1.94. The highest BCUT2D eigenvalue weighted by Gasteiger charge is 2.01. The fourth-order valence-electron chi connectivity index (χ4n) is 1.32. The Balaban J connectivity index is 2.08. The Morgan fingerprint density at radius 3 is 2.86 bits per heavy atom. The van der Waals surface area contributed by atoms with Crippen LogP contribution in [0.15, 0.2) is 35.9 Å². The molecule has 0 saturated heterocycles. The number of nitrogens with one attached hydrogen (secondary N) is 1. The summed E-state index contributed by atoms with van der Waals surface area (Å²) in [4.78, 5) is 0. The van der Waals surface area contributed by atoms with Gasteiger partial charge in [-0.3, -0.25) is 0 Å². The zero-order chi connectivity index (χ0) is 9.80. The average molecular weight is 183 g/mol. The van der Waals surface area contributed by atoms with Crippen molar-refractivity contribution < 1.29 is 0 Å². The second-order valence-electron chi connectivity index (χ2n) is 3.32. The van der Waals surface area contributed by atoms with Gasteiger partial charge in [0.05, 0.1) is 0 Å². The molecule has 1 aliphatic rings. The molecule has 0 fully saturated rings. The highest BCUT2D eigenvalue weighted by atomic mass is 14.8. The van der Waals surface area contributed by atoms with Crippen LogP contribution in [0.25, 0.3) is 0 Å². The molecule has 0 atom stereocenters. The van der Waals surface area contributed by atoms with Crippen LogP contribution < -0.4 is 5.32 Å². The number of hydrogen-bond donors (Lipinski definition) is 1. The molecule has 1 nitrogen and oxygen atoms in total. The molecule has 0 spiro atoms. The van der Waals surface area contributed by atoms with E-state index in [0.717, 1.165) is 12.8 Å². The molecular formula is C13H13N. The van der Waals surface area contributed by atoms with Crippen LogP contribution in [-0.4, -0.2) is 7.05 Å². The van der Waals surface area contributed by atoms with Crippen LogP contribution in [0.4, 0.5) is 5.69 Å². The summed E-state index contributed by atoms with van der Waals surface area (Å²) in [6.07, 6.45) is 4.08. The lowest BCUT2D eigenvalue weighted by Crippen LogP contribution is -1.93. The predicted molar refractivity (Wildman–Crippen MR) is 60.2 cm³/mol. The van der Waals surface area contributed by atoms with Gasteiger partial charge in [-0.2, -0.15) is 0 Å². The minimum atomic E-state index is 0.828. The third-order valence-corrected chi connectivity index (χ3v) is 2.22. The smallest absolute Gasteiger partial charge is 0.0379 e. The van der Waals surface area contributed by atoms with Gasteiger partial charge in [0.2, 0.25) is 0 Å². The zero-order valence-electron chi connectivity index (χ0n) is 8.30. The van der Waals surface area contributed by atoms with Gasteiger partial charge >= 0.3 is 0 Å². The molecule has 1 N–H and O–H groups in total. The third-order valence-electron chi connectivity index (χ3n) is 2.22. The summed E-state index contributed by atoms with van der Waals surface area (Å²) < 4.78 is 0. The van der Waals surface area contributed by atoms with Gasteiger partial charge in [-0.15, -0.1) is 0 Å². The number of anilines is 1. The van der Waals surface area contributed by atoms with Crippen LogP contribution in [-0.2, 0) is 6.42 Å². The minimum Gasteiger partial charge on any atom is -0.388 e. The molecule has 0 radical (unpaired) electrons. The number of benzene rings is 1. The monoisotopic (exact) mass is 183 g/mol. The molecule has 0 unspecified atom stereocenters. The second kappa shape index (κ2) is 4.02. The maximum absolute atomic E-state index is 3.18. The maximum Gasteiger partial charge on any atom is 0.0379 e. The molecule has 1 aliphatic carbocycles. The van der Waals surface area contributed by atoms with E-state index in [4.69, 9.17) is 0 Å². The molecule has 0 saturated carbocycles. The summed E-state index contributed by atoms with van der Waals surface area (Å²) in [6, 6.07) is 8.27. The first-order valence-electron chi connectivity index (χ1n) is 4.83. The maximum atomic E-state index is 3.18. The predicted octanol–water partition coefficient (Wildman–Crippen LogP) is 2.60. The summed E-state index contributed by atoms with van der Waals surface area (Å²) in [5.74, 6) is 6.32. The summed E-state index contributed by atoms with van der Waals surface area (Å²) in [5, 5.41) is 3.17. The highest BCUT2D eigenvalue weighted by molar-refractivity contribution is 5.52. The fraction of sp³-hybridized carbons (Fsp3) is 0.231. The van der Waals surface area contributed by atoms with Crippen molar-refractivity contribution in [1.29, 1.82) is 0 Å². The van der Waals surface area contributed by atoms with Crippen molar-refractivity contribution in [2.45, 2.75) is 12.8 Å². The molecule has 1 aromatic rings. The van der Waals surface area contributed by atoms with Gasteiger partial charge < -0.3 is 5.32 Å². The molecule has 0 aliphatic heterocycles. The van der Waals surface area contributed by atoms with E-state index in [-0.39, 0.29) is 0 Å². The van der Waals surface area contributed by atoms with Crippen LogP contribution in [0.3, 0.4) is 0 Å². The summed E-state index contributed by atoms with van der Waals surface area (Å²) in [6.45, 7) is 0. The van der Waals surface area contributed by atoms with Crippen LogP contribution in [0, 0.1) is 11.8 Å². The first-order valence-corrected chi connectivity index (χ1v) is 4.83. The largest absolute Gasteiger partial charge is 0.388 e. The van der Waals surface area contributed by atoms with Gasteiger partial charge in [-0.25, -0.2) is 0 Å². The number of para-hydroxylation sites is 1. The van der Waals surface area contributed by atoms with Crippen LogP contribution in [0.5, 0.6) is 0 Å². The van der Waals surface area contributed by atoms with E-state index < -0.39 is 0 Å². The highest BCUT2D eigenvalue weighted by Crippen LogP contribution is 2.17. The Hall–Kier alpha value is -1.68. The van der Waals surface area contributed by atoms with Crippen molar-refractivity contribution in [3.63, 3.8) is 0 Å². The van der Waals surface area contributed by atoms with E-state index in [9.17, 15) is 0 Å². The van der Waals surface area contributed by atoms with Crippen molar-refractivity contribution in [1.82, 2.24) is 0 Å². The average Bonchev–Trinajstić information content (AvgIpc) is 3.03. The van der Waals surface area contributed by atoms with E-state index in [0.29, 0.717) is 0 Å². The Kier molecular flexibility index (Phi) is 2.55. The van der Waals surface area contributed by atoms with Crippen LogP contribution in [0.2, 0.25) is 0 Å². The normalized spacial score (nSPS) is 12.5. The first-order chi connectivity index (χ1) is 6.90. The second-order valence-corrected chi connectivity index (χ2v) is 3.32. The third kappa shape index (κ3) is 2.17. The lowest BCUT2D eigenvalue weighted by atomic mass is 10.1. The number of allylic oxidation sites excluding steroid dienone is 2. The van der Waals surface area contributed by atoms with Crippen molar-refractivity contribution in [2.24, 2.45) is 0 Å². The Bertz CT molecular complexity index is 418. The standard InChI is InChI=1S/C13H13N/c1-14-13-8-3-2-6-12(13)7-4-5-11-9-10-11/h2-3,6,8-9,14H,7,10H2,1H3. The lowest BCUT2D eigenvalue weighted by molar-refractivity contribution is 1.30. The molecule has 0 heterocycles. The molecule has 0 amide bonds. The first kappa shape index (κ1) is 8.90. The Labute approximate surface area is 84.8 Å². The Morgan fingerprint density at radius 2 is 2.14 bits per heavy atom. The summed E-state index contributed by atoms with van der Waals surface area (Å²) in [5.41, 5.74) is 3.72. The lowest BCUT2D eigenvalue weighted by Gasteiger charge is -2.04. The van der Waals surface area contributed by atoms with Crippen LogP contribution >= 0.6 is 0 Å². The quantitative estimate of drug-likeness (QED) is 0.695. The van der Waals surface area contributed by atoms with E-state index in [1.807, 2.05) is 19.2 Å². The van der Waals surface area contributed by atoms with Crippen LogP contribution in [0.1, 0.15) is 12.0 Å². The number of rotatable bonds is 2. The SMILES string of the molecule is CNc1ccccc1CC#CC1=CC1. The van der Waals surface area contributed by atoms with Gasteiger partial charge in [0.15, 0.2) is 0 Å². The minimum absolute atomic E-state index is 0.828. The Morgan fingerprint density at radius 1 is 1.36 bits per heavy atom. The molecule has 0 bridgehead atoms. The van der Waals surface area contributed by atoms with Gasteiger partial charge in [-0.1, -0.05) is 36.1 Å². The van der Waals surface area contributed by atoms with Crippen molar-refractivity contribution >= 4 is 5.69 Å². The van der Waals surface area contributed by atoms with Crippen molar-refractivity contribution in [3.8, 4) is 11.8 Å². The molecule has 1 aromatic carbocycles.